The Labute approximate surface area is 173 Å². The maximum atomic E-state index is 13.0. The van der Waals surface area contributed by atoms with Gasteiger partial charge in [0.2, 0.25) is 15.9 Å². The predicted molar refractivity (Wildman–Crippen MR) is 114 cm³/mol. The molecule has 0 heterocycles. The van der Waals surface area contributed by atoms with Gasteiger partial charge in [0.05, 0.1) is 12.0 Å². The molecule has 0 aliphatic rings. The number of carbonyl (C=O) groups excluding carboxylic acids is 1. The summed E-state index contributed by atoms with van der Waals surface area (Å²) in [6.45, 7) is 6.20. The number of hydrogen-bond acceptors (Lipinski definition) is 4. The molecular formula is C22H30N2O4S. The number of benzene rings is 2. The highest BCUT2D eigenvalue weighted by molar-refractivity contribution is 7.89. The quantitative estimate of drug-likeness (QED) is 0.678. The van der Waals surface area contributed by atoms with Crippen LogP contribution in [0.5, 0.6) is 5.75 Å². The highest BCUT2D eigenvalue weighted by atomic mass is 32.2. The van der Waals surface area contributed by atoms with Gasteiger partial charge in [0, 0.05) is 13.6 Å². The molecule has 2 aromatic carbocycles. The molecule has 0 fully saturated rings. The Balaban J connectivity index is 2.16. The minimum absolute atomic E-state index is 0.152. The molecule has 0 aliphatic heterocycles. The van der Waals surface area contributed by atoms with Crippen LogP contribution >= 0.6 is 0 Å². The SMILES string of the molecule is COc1ccc(CN(C)C(=O)C(CC(C)C)NS(=O)(=O)c2ccc(C)cc2)cc1. The van der Waals surface area contributed by atoms with Crippen LogP contribution in [0.4, 0.5) is 0 Å². The molecule has 0 saturated carbocycles. The van der Waals surface area contributed by atoms with Crippen LogP contribution in [0.3, 0.4) is 0 Å². The van der Waals surface area contributed by atoms with Crippen LogP contribution in [0.1, 0.15) is 31.4 Å². The molecule has 29 heavy (non-hydrogen) atoms. The van der Waals surface area contributed by atoms with Gasteiger partial charge in [0.15, 0.2) is 0 Å². The Hall–Kier alpha value is -2.38. The first-order valence-electron chi connectivity index (χ1n) is 9.59. The van der Waals surface area contributed by atoms with Gasteiger partial charge in [0.1, 0.15) is 11.8 Å². The summed E-state index contributed by atoms with van der Waals surface area (Å²) in [5.41, 5.74) is 1.91. The fourth-order valence-corrected chi connectivity index (χ4v) is 4.19. The summed E-state index contributed by atoms with van der Waals surface area (Å²) in [7, 11) is -0.517. The predicted octanol–water partition coefficient (Wildman–Crippen LogP) is 3.36. The van der Waals surface area contributed by atoms with Crippen LogP contribution in [0.15, 0.2) is 53.4 Å². The largest absolute Gasteiger partial charge is 0.497 e. The summed E-state index contributed by atoms with van der Waals surface area (Å²) in [4.78, 5) is 14.7. The second-order valence-electron chi connectivity index (χ2n) is 7.66. The van der Waals surface area contributed by atoms with Crippen LogP contribution in [0, 0.1) is 12.8 Å². The van der Waals surface area contributed by atoms with Gasteiger partial charge in [-0.2, -0.15) is 4.72 Å². The molecule has 0 aliphatic carbocycles. The van der Waals surface area contributed by atoms with Crippen molar-refractivity contribution in [1.29, 1.82) is 0 Å². The summed E-state index contributed by atoms with van der Waals surface area (Å²) >= 11 is 0. The molecule has 2 rings (SSSR count). The van der Waals surface area contributed by atoms with E-state index >= 15 is 0 Å². The van der Waals surface area contributed by atoms with E-state index in [-0.39, 0.29) is 16.7 Å². The lowest BCUT2D eigenvalue weighted by molar-refractivity contribution is -0.132. The van der Waals surface area contributed by atoms with Gasteiger partial charge < -0.3 is 9.64 Å². The van der Waals surface area contributed by atoms with Crippen LogP contribution in [-0.4, -0.2) is 39.4 Å². The van der Waals surface area contributed by atoms with Gasteiger partial charge in [-0.05, 0) is 49.1 Å². The molecule has 0 aromatic heterocycles. The molecule has 0 saturated heterocycles. The fourth-order valence-electron chi connectivity index (χ4n) is 2.99. The molecule has 1 N–H and O–H groups in total. The number of aryl methyl sites for hydroxylation is 1. The number of sulfonamides is 1. The lowest BCUT2D eigenvalue weighted by Crippen LogP contribution is -2.47. The third kappa shape index (κ3) is 6.58. The smallest absolute Gasteiger partial charge is 0.241 e. The maximum Gasteiger partial charge on any atom is 0.241 e. The molecule has 1 atom stereocenters. The Morgan fingerprint density at radius 2 is 1.66 bits per heavy atom. The zero-order chi connectivity index (χ0) is 21.6. The van der Waals surface area contributed by atoms with Gasteiger partial charge in [-0.25, -0.2) is 8.42 Å². The zero-order valence-corrected chi connectivity index (χ0v) is 18.5. The van der Waals surface area contributed by atoms with Crippen molar-refractivity contribution in [2.75, 3.05) is 14.2 Å². The van der Waals surface area contributed by atoms with Gasteiger partial charge in [-0.3, -0.25) is 4.79 Å². The second-order valence-corrected chi connectivity index (χ2v) is 9.37. The lowest BCUT2D eigenvalue weighted by atomic mass is 10.0. The molecule has 0 radical (unpaired) electrons. The third-order valence-electron chi connectivity index (χ3n) is 4.59. The highest BCUT2D eigenvalue weighted by Crippen LogP contribution is 2.17. The van der Waals surface area contributed by atoms with Crippen LogP contribution < -0.4 is 9.46 Å². The van der Waals surface area contributed by atoms with Crippen molar-refractivity contribution >= 4 is 15.9 Å². The Morgan fingerprint density at radius 1 is 1.07 bits per heavy atom. The van der Waals surface area contributed by atoms with E-state index in [0.717, 1.165) is 16.9 Å². The maximum absolute atomic E-state index is 13.0. The molecule has 0 spiro atoms. The Morgan fingerprint density at radius 3 is 2.17 bits per heavy atom. The van der Waals surface area contributed by atoms with E-state index in [4.69, 9.17) is 4.74 Å². The van der Waals surface area contributed by atoms with Gasteiger partial charge in [-0.1, -0.05) is 43.7 Å². The number of hydrogen-bond donors (Lipinski definition) is 1. The minimum Gasteiger partial charge on any atom is -0.497 e. The van der Waals surface area contributed by atoms with Crippen molar-refractivity contribution in [3.63, 3.8) is 0 Å². The van der Waals surface area contributed by atoms with E-state index in [1.165, 1.54) is 0 Å². The molecule has 158 valence electrons. The van der Waals surface area contributed by atoms with E-state index in [1.54, 1.807) is 43.3 Å². The standard InChI is InChI=1S/C22H30N2O4S/c1-16(2)14-21(23-29(26,27)20-12-6-17(3)7-13-20)22(25)24(4)15-18-8-10-19(28-5)11-9-18/h6-13,16,21,23H,14-15H2,1-5H3. The first kappa shape index (κ1) is 22.9. The van der Waals surface area contributed by atoms with Crippen molar-refractivity contribution < 1.29 is 17.9 Å². The van der Waals surface area contributed by atoms with Gasteiger partial charge >= 0.3 is 0 Å². The van der Waals surface area contributed by atoms with Crippen LogP contribution in [0.25, 0.3) is 0 Å². The van der Waals surface area contributed by atoms with Gasteiger partial charge in [-0.15, -0.1) is 0 Å². The second kappa shape index (κ2) is 9.89. The van der Waals surface area contributed by atoms with Crippen molar-refractivity contribution in [3.8, 4) is 5.75 Å². The summed E-state index contributed by atoms with van der Waals surface area (Å²) in [5.74, 6) is 0.635. The Bertz CT molecular complexity index is 907. The third-order valence-corrected chi connectivity index (χ3v) is 6.08. The molecule has 1 unspecified atom stereocenters. The fraction of sp³-hybridized carbons (Fsp3) is 0.409. The number of nitrogens with one attached hydrogen (secondary N) is 1. The molecular weight excluding hydrogens is 388 g/mol. The van der Waals surface area contributed by atoms with Crippen molar-refractivity contribution in [2.45, 2.75) is 44.7 Å². The zero-order valence-electron chi connectivity index (χ0n) is 17.7. The summed E-state index contributed by atoms with van der Waals surface area (Å²) < 4.78 is 33.3. The normalized spacial score (nSPS) is 12.6. The molecule has 0 bridgehead atoms. The topological polar surface area (TPSA) is 75.7 Å². The lowest BCUT2D eigenvalue weighted by Gasteiger charge is -2.26. The average molecular weight is 419 g/mol. The number of likely N-dealkylation sites (N-methyl/N-ethyl adjacent to an activating group) is 1. The monoisotopic (exact) mass is 418 g/mol. The van der Waals surface area contributed by atoms with E-state index in [9.17, 15) is 13.2 Å². The van der Waals surface area contributed by atoms with Crippen molar-refractivity contribution in [2.24, 2.45) is 5.92 Å². The number of amides is 1. The number of ether oxygens (including phenoxy) is 1. The number of rotatable bonds is 9. The minimum atomic E-state index is -3.80. The van der Waals surface area contributed by atoms with Crippen LogP contribution in [0.2, 0.25) is 0 Å². The van der Waals surface area contributed by atoms with Crippen molar-refractivity contribution in [3.05, 3.63) is 59.7 Å². The number of methoxy groups -OCH3 is 1. The molecule has 2 aromatic rings. The summed E-state index contributed by atoms with van der Waals surface area (Å²) in [5, 5.41) is 0. The molecule has 6 nitrogen and oxygen atoms in total. The first-order valence-corrected chi connectivity index (χ1v) is 11.1. The van der Waals surface area contributed by atoms with Crippen LogP contribution in [-0.2, 0) is 21.4 Å². The first-order chi connectivity index (χ1) is 13.6. The Kier molecular flexibility index (Phi) is 7.81. The van der Waals surface area contributed by atoms with Crippen molar-refractivity contribution in [1.82, 2.24) is 9.62 Å². The summed E-state index contributed by atoms with van der Waals surface area (Å²) in [6, 6.07) is 13.2. The van der Waals surface area contributed by atoms with E-state index in [2.05, 4.69) is 4.72 Å². The molecule has 7 heteroatoms. The number of carbonyl (C=O) groups is 1. The molecule has 1 amide bonds. The average Bonchev–Trinajstić information content (AvgIpc) is 2.67. The summed E-state index contributed by atoms with van der Waals surface area (Å²) in [6.07, 6.45) is 0.414. The highest BCUT2D eigenvalue weighted by Gasteiger charge is 2.28. The number of nitrogens with zero attached hydrogens (tertiary/aromatic N) is 1. The van der Waals surface area contributed by atoms with Gasteiger partial charge in [0.25, 0.3) is 0 Å². The van der Waals surface area contributed by atoms with E-state index < -0.39 is 16.1 Å². The van der Waals surface area contributed by atoms with E-state index in [0.29, 0.717) is 13.0 Å². The van der Waals surface area contributed by atoms with E-state index in [1.807, 2.05) is 45.0 Å².